The standard InChI is InChI=1S/C21H20F4N4O4/c1-20-8-31-10-21(20,29-19(26)33-9-20)13-4-11(2-3-14(13)22)28-18(30)17-15(23)5-12(6-27-17)32-7-16(24)25/h2-6,16H,7-10H2,1H3,(H2,26,29)(H,28,30)/t20-,21+/m0/s1. The Morgan fingerprint density at radius 1 is 1.24 bits per heavy atom. The summed E-state index contributed by atoms with van der Waals surface area (Å²) in [5, 5.41) is 2.46. The van der Waals surface area contributed by atoms with E-state index in [1.54, 1.807) is 0 Å². The molecule has 8 nitrogen and oxygen atoms in total. The zero-order valence-corrected chi connectivity index (χ0v) is 17.4. The number of aromatic nitrogens is 1. The first kappa shape index (κ1) is 22.8. The number of alkyl halides is 2. The first-order valence-corrected chi connectivity index (χ1v) is 9.87. The molecule has 2 aliphatic rings. The van der Waals surface area contributed by atoms with Crippen LogP contribution in [-0.2, 0) is 15.0 Å². The van der Waals surface area contributed by atoms with Gasteiger partial charge in [0, 0.05) is 17.3 Å². The number of fused-ring (bicyclic) bond motifs is 1. The van der Waals surface area contributed by atoms with Gasteiger partial charge in [0.25, 0.3) is 18.4 Å². The van der Waals surface area contributed by atoms with Crippen LogP contribution in [0.15, 0.2) is 35.5 Å². The fraction of sp³-hybridized carbons (Fsp3) is 0.381. The molecule has 1 aromatic heterocycles. The zero-order valence-electron chi connectivity index (χ0n) is 17.4. The number of nitrogens with zero attached hydrogens (tertiary/aromatic N) is 2. The molecule has 2 aliphatic heterocycles. The van der Waals surface area contributed by atoms with Crippen LogP contribution < -0.4 is 15.8 Å². The third-order valence-corrected chi connectivity index (χ3v) is 5.65. The van der Waals surface area contributed by atoms with Crippen LogP contribution in [0.1, 0.15) is 23.0 Å². The lowest BCUT2D eigenvalue weighted by Crippen LogP contribution is -2.50. The number of amidine groups is 1. The van der Waals surface area contributed by atoms with Gasteiger partial charge in [-0.2, -0.15) is 0 Å². The van der Waals surface area contributed by atoms with Gasteiger partial charge in [-0.3, -0.25) is 4.79 Å². The van der Waals surface area contributed by atoms with Crippen LogP contribution in [-0.4, -0.2) is 49.8 Å². The van der Waals surface area contributed by atoms with E-state index < -0.39 is 47.2 Å². The van der Waals surface area contributed by atoms with E-state index in [1.165, 1.54) is 12.1 Å². The number of ether oxygens (including phenoxy) is 3. The van der Waals surface area contributed by atoms with Crippen molar-refractivity contribution in [2.45, 2.75) is 18.9 Å². The van der Waals surface area contributed by atoms with Crippen LogP contribution in [0.5, 0.6) is 5.75 Å². The van der Waals surface area contributed by atoms with Gasteiger partial charge in [-0.1, -0.05) is 6.92 Å². The number of carbonyl (C=O) groups is 1. The molecule has 1 amide bonds. The van der Waals surface area contributed by atoms with E-state index in [9.17, 15) is 22.4 Å². The van der Waals surface area contributed by atoms with Gasteiger partial charge in [0.15, 0.2) is 11.5 Å². The number of carbonyl (C=O) groups excluding carboxylic acids is 1. The van der Waals surface area contributed by atoms with Crippen LogP contribution in [0.25, 0.3) is 0 Å². The normalized spacial score (nSPS) is 24.1. The number of benzene rings is 1. The quantitative estimate of drug-likeness (QED) is 0.632. The van der Waals surface area contributed by atoms with Gasteiger partial charge < -0.3 is 25.3 Å². The van der Waals surface area contributed by atoms with Crippen molar-refractivity contribution in [3.05, 3.63) is 53.4 Å². The monoisotopic (exact) mass is 468 g/mol. The lowest BCUT2D eigenvalue weighted by atomic mass is 9.69. The van der Waals surface area contributed by atoms with E-state index in [4.69, 9.17) is 15.2 Å². The van der Waals surface area contributed by atoms with E-state index in [-0.39, 0.29) is 42.8 Å². The third-order valence-electron chi connectivity index (χ3n) is 5.65. The maximum absolute atomic E-state index is 14.9. The fourth-order valence-electron chi connectivity index (χ4n) is 3.90. The minimum absolute atomic E-state index is 0.0537. The van der Waals surface area contributed by atoms with Crippen molar-refractivity contribution in [1.29, 1.82) is 0 Å². The van der Waals surface area contributed by atoms with Crippen molar-refractivity contribution in [3.63, 3.8) is 0 Å². The van der Waals surface area contributed by atoms with Gasteiger partial charge >= 0.3 is 0 Å². The number of pyridine rings is 1. The molecule has 176 valence electrons. The molecule has 3 N–H and O–H groups in total. The van der Waals surface area contributed by atoms with Gasteiger partial charge in [0.2, 0.25) is 0 Å². The Hall–Kier alpha value is -3.41. The number of hydrogen-bond donors (Lipinski definition) is 2. The minimum Gasteiger partial charge on any atom is -0.486 e. The average molecular weight is 468 g/mol. The van der Waals surface area contributed by atoms with Crippen LogP contribution in [0, 0.1) is 17.0 Å². The minimum atomic E-state index is -2.74. The molecule has 33 heavy (non-hydrogen) atoms. The predicted molar refractivity (Wildman–Crippen MR) is 108 cm³/mol. The molecule has 0 saturated carbocycles. The average Bonchev–Trinajstić information content (AvgIpc) is 3.10. The summed E-state index contributed by atoms with van der Waals surface area (Å²) in [6.45, 7) is 1.37. The Morgan fingerprint density at radius 3 is 2.76 bits per heavy atom. The topological polar surface area (TPSA) is 108 Å². The second-order valence-electron chi connectivity index (χ2n) is 8.00. The second kappa shape index (κ2) is 8.50. The molecule has 1 fully saturated rings. The number of nitrogens with two attached hydrogens (primary N) is 1. The predicted octanol–water partition coefficient (Wildman–Crippen LogP) is 2.83. The zero-order chi connectivity index (χ0) is 23.8. The highest BCUT2D eigenvalue weighted by Gasteiger charge is 2.58. The Kier molecular flexibility index (Phi) is 5.87. The highest BCUT2D eigenvalue weighted by molar-refractivity contribution is 6.03. The summed E-state index contributed by atoms with van der Waals surface area (Å²) in [6, 6.07) is 4.49. The summed E-state index contributed by atoms with van der Waals surface area (Å²) in [5.74, 6) is -2.84. The number of aliphatic imine (C=N–C) groups is 1. The van der Waals surface area contributed by atoms with E-state index in [0.29, 0.717) is 0 Å². The van der Waals surface area contributed by atoms with Gasteiger partial charge in [-0.05, 0) is 18.2 Å². The molecule has 3 heterocycles. The van der Waals surface area contributed by atoms with Gasteiger partial charge in [-0.25, -0.2) is 27.5 Å². The van der Waals surface area contributed by atoms with Gasteiger partial charge in [0.05, 0.1) is 24.8 Å². The summed E-state index contributed by atoms with van der Waals surface area (Å²) in [7, 11) is 0. The molecule has 0 aliphatic carbocycles. The Bertz CT molecular complexity index is 1120. The van der Waals surface area contributed by atoms with Crippen molar-refractivity contribution >= 4 is 17.6 Å². The van der Waals surface area contributed by atoms with Crippen LogP contribution in [0.4, 0.5) is 23.2 Å². The van der Waals surface area contributed by atoms with Crippen molar-refractivity contribution < 1.29 is 36.6 Å². The smallest absolute Gasteiger partial charge is 0.282 e. The van der Waals surface area contributed by atoms with E-state index in [2.05, 4.69) is 20.0 Å². The molecule has 0 spiro atoms. The molecular formula is C21H20F4N4O4. The molecule has 0 unspecified atom stereocenters. The summed E-state index contributed by atoms with van der Waals surface area (Å²) in [4.78, 5) is 20.6. The summed E-state index contributed by atoms with van der Waals surface area (Å²) in [6.07, 6.45) is -1.79. The summed E-state index contributed by atoms with van der Waals surface area (Å²) < 4.78 is 69.3. The number of rotatable bonds is 6. The summed E-state index contributed by atoms with van der Waals surface area (Å²) in [5.41, 5.74) is 3.58. The number of nitrogens with one attached hydrogen (secondary N) is 1. The second-order valence-corrected chi connectivity index (χ2v) is 8.00. The number of anilines is 1. The largest absolute Gasteiger partial charge is 0.486 e. The highest BCUT2D eigenvalue weighted by atomic mass is 19.3. The van der Waals surface area contributed by atoms with Gasteiger partial charge in [0.1, 0.15) is 30.3 Å². The molecule has 12 heteroatoms. The highest BCUT2D eigenvalue weighted by Crippen LogP contribution is 2.51. The van der Waals surface area contributed by atoms with Crippen molar-refractivity contribution in [2.24, 2.45) is 16.1 Å². The first-order chi connectivity index (χ1) is 15.6. The number of hydrogen-bond acceptors (Lipinski definition) is 7. The Labute approximate surface area is 185 Å². The van der Waals surface area contributed by atoms with Crippen LogP contribution in [0.3, 0.4) is 0 Å². The van der Waals surface area contributed by atoms with Crippen LogP contribution in [0.2, 0.25) is 0 Å². The van der Waals surface area contributed by atoms with E-state index >= 15 is 0 Å². The van der Waals surface area contributed by atoms with Crippen LogP contribution >= 0.6 is 0 Å². The molecule has 1 aromatic carbocycles. The van der Waals surface area contributed by atoms with E-state index in [0.717, 1.165) is 18.3 Å². The molecule has 0 radical (unpaired) electrons. The SMILES string of the molecule is C[C@@]12COC[C@]1(c1cc(NC(=O)c3ncc(OCC(F)F)cc3F)ccc1F)N=C(N)OC2. The molecule has 2 atom stereocenters. The van der Waals surface area contributed by atoms with E-state index in [1.807, 2.05) is 6.92 Å². The van der Waals surface area contributed by atoms with Crippen molar-refractivity contribution in [1.82, 2.24) is 4.98 Å². The molecular weight excluding hydrogens is 448 g/mol. The Morgan fingerprint density at radius 2 is 2.03 bits per heavy atom. The van der Waals surface area contributed by atoms with Gasteiger partial charge in [-0.15, -0.1) is 0 Å². The Balaban J connectivity index is 1.60. The third kappa shape index (κ3) is 4.17. The fourth-order valence-corrected chi connectivity index (χ4v) is 3.90. The molecule has 0 bridgehead atoms. The first-order valence-electron chi connectivity index (χ1n) is 9.87. The molecule has 1 saturated heterocycles. The lowest BCUT2D eigenvalue weighted by Gasteiger charge is -2.42. The number of halogens is 4. The summed E-state index contributed by atoms with van der Waals surface area (Å²) >= 11 is 0. The maximum Gasteiger partial charge on any atom is 0.282 e. The lowest BCUT2D eigenvalue weighted by molar-refractivity contribution is 0.0665. The van der Waals surface area contributed by atoms with Crippen molar-refractivity contribution in [3.8, 4) is 5.75 Å². The number of amides is 1. The maximum atomic E-state index is 14.9. The molecule has 4 rings (SSSR count). The molecule has 2 aromatic rings. The van der Waals surface area contributed by atoms with Crippen molar-refractivity contribution in [2.75, 3.05) is 31.7 Å².